The Morgan fingerprint density at radius 1 is 1.40 bits per heavy atom. The Morgan fingerprint density at radius 3 is 2.70 bits per heavy atom. The summed E-state index contributed by atoms with van der Waals surface area (Å²) < 4.78 is 0. The predicted octanol–water partition coefficient (Wildman–Crippen LogP) is 0.839. The molecule has 1 fully saturated rings. The molecule has 0 aliphatic heterocycles. The largest absolute Gasteiger partial charge is 0.508 e. The average molecular weight is 279 g/mol. The van der Waals surface area contributed by atoms with Gasteiger partial charge in [0.15, 0.2) is 0 Å². The Balaban J connectivity index is 2.16. The highest BCUT2D eigenvalue weighted by Gasteiger charge is 2.33. The number of rotatable bonds is 5. The molecule has 0 unspecified atom stereocenters. The zero-order chi connectivity index (χ0) is 14.7. The van der Waals surface area contributed by atoms with E-state index in [0.717, 1.165) is 12.8 Å². The van der Waals surface area contributed by atoms with Crippen molar-refractivity contribution in [2.24, 2.45) is 10.9 Å². The SMILES string of the molecule is N/C(CCN(C(=O)c1cc(O)ccc1O)C1CC1)=N/O. The first-order valence-corrected chi connectivity index (χ1v) is 6.32. The van der Waals surface area contributed by atoms with Gasteiger partial charge in [-0.15, -0.1) is 0 Å². The summed E-state index contributed by atoms with van der Waals surface area (Å²) in [6, 6.07) is 3.92. The van der Waals surface area contributed by atoms with E-state index in [0.29, 0.717) is 6.54 Å². The number of nitrogens with zero attached hydrogens (tertiary/aromatic N) is 2. The number of hydrogen-bond acceptors (Lipinski definition) is 5. The summed E-state index contributed by atoms with van der Waals surface area (Å²) >= 11 is 0. The first kappa shape index (κ1) is 14.0. The lowest BCUT2D eigenvalue weighted by Gasteiger charge is -2.22. The molecule has 0 spiro atoms. The molecule has 2 rings (SSSR count). The van der Waals surface area contributed by atoms with Crippen LogP contribution in [0.1, 0.15) is 29.6 Å². The molecular formula is C13H17N3O4. The number of phenols is 2. The predicted molar refractivity (Wildman–Crippen MR) is 71.9 cm³/mol. The van der Waals surface area contributed by atoms with E-state index >= 15 is 0 Å². The number of phenolic OH excluding ortho intramolecular Hbond substituents is 2. The molecule has 7 heteroatoms. The molecule has 20 heavy (non-hydrogen) atoms. The highest BCUT2D eigenvalue weighted by Crippen LogP contribution is 2.31. The highest BCUT2D eigenvalue weighted by molar-refractivity contribution is 5.97. The summed E-state index contributed by atoms with van der Waals surface area (Å²) in [7, 11) is 0. The van der Waals surface area contributed by atoms with E-state index in [2.05, 4.69) is 5.16 Å². The summed E-state index contributed by atoms with van der Waals surface area (Å²) in [4.78, 5) is 14.0. The molecule has 0 bridgehead atoms. The van der Waals surface area contributed by atoms with Crippen molar-refractivity contribution in [1.82, 2.24) is 4.90 Å². The number of amidine groups is 1. The molecule has 5 N–H and O–H groups in total. The first-order chi connectivity index (χ1) is 9.52. The molecule has 1 aliphatic rings. The minimum Gasteiger partial charge on any atom is -0.508 e. The maximum Gasteiger partial charge on any atom is 0.258 e. The second-order valence-corrected chi connectivity index (χ2v) is 4.77. The van der Waals surface area contributed by atoms with E-state index in [4.69, 9.17) is 10.9 Å². The van der Waals surface area contributed by atoms with E-state index in [9.17, 15) is 15.0 Å². The van der Waals surface area contributed by atoms with Gasteiger partial charge >= 0.3 is 0 Å². The Morgan fingerprint density at radius 2 is 2.10 bits per heavy atom. The monoisotopic (exact) mass is 279 g/mol. The first-order valence-electron chi connectivity index (χ1n) is 6.32. The fraction of sp³-hybridized carbons (Fsp3) is 0.385. The number of aromatic hydroxyl groups is 2. The molecular weight excluding hydrogens is 262 g/mol. The third-order valence-electron chi connectivity index (χ3n) is 3.20. The number of oxime groups is 1. The lowest BCUT2D eigenvalue weighted by Crippen LogP contribution is -2.36. The smallest absolute Gasteiger partial charge is 0.258 e. The third kappa shape index (κ3) is 3.11. The van der Waals surface area contributed by atoms with E-state index in [1.54, 1.807) is 4.90 Å². The number of nitrogens with two attached hydrogens (primary N) is 1. The van der Waals surface area contributed by atoms with Crippen LogP contribution < -0.4 is 5.73 Å². The molecule has 1 aliphatic carbocycles. The minimum absolute atomic E-state index is 0.0450. The average Bonchev–Trinajstić information content (AvgIpc) is 3.25. The van der Waals surface area contributed by atoms with Crippen LogP contribution in [-0.2, 0) is 0 Å². The van der Waals surface area contributed by atoms with Gasteiger partial charge in [0, 0.05) is 19.0 Å². The second kappa shape index (κ2) is 5.68. The van der Waals surface area contributed by atoms with Gasteiger partial charge in [-0.05, 0) is 31.0 Å². The normalized spacial score (nSPS) is 15.1. The minimum atomic E-state index is -0.369. The molecule has 108 valence electrons. The van der Waals surface area contributed by atoms with Crippen LogP contribution in [0.4, 0.5) is 0 Å². The topological polar surface area (TPSA) is 119 Å². The Hall–Kier alpha value is -2.44. The van der Waals surface area contributed by atoms with Gasteiger partial charge in [-0.25, -0.2) is 0 Å². The van der Waals surface area contributed by atoms with Gasteiger partial charge in [0.05, 0.1) is 5.56 Å². The van der Waals surface area contributed by atoms with Gasteiger partial charge < -0.3 is 26.1 Å². The van der Waals surface area contributed by atoms with Crippen molar-refractivity contribution >= 4 is 11.7 Å². The van der Waals surface area contributed by atoms with Crippen molar-refractivity contribution in [2.45, 2.75) is 25.3 Å². The Labute approximate surface area is 115 Å². The van der Waals surface area contributed by atoms with E-state index in [1.165, 1.54) is 18.2 Å². The zero-order valence-corrected chi connectivity index (χ0v) is 10.9. The zero-order valence-electron chi connectivity index (χ0n) is 10.9. The van der Waals surface area contributed by atoms with E-state index in [-0.39, 0.29) is 41.3 Å². The number of carbonyl (C=O) groups excluding carboxylic acids is 1. The second-order valence-electron chi connectivity index (χ2n) is 4.77. The Bertz CT molecular complexity index is 540. The summed E-state index contributed by atoms with van der Waals surface area (Å²) in [5.74, 6) is -0.587. The van der Waals surface area contributed by atoms with Crippen molar-refractivity contribution in [1.29, 1.82) is 0 Å². The molecule has 0 aromatic heterocycles. The summed E-state index contributed by atoms with van der Waals surface area (Å²) in [5, 5.41) is 30.6. The molecule has 0 radical (unpaired) electrons. The van der Waals surface area contributed by atoms with Crippen molar-refractivity contribution in [3.05, 3.63) is 23.8 Å². The fourth-order valence-electron chi connectivity index (χ4n) is 1.97. The van der Waals surface area contributed by atoms with Crippen LogP contribution in [0.3, 0.4) is 0 Å². The summed E-state index contributed by atoms with van der Waals surface area (Å²) in [5.41, 5.74) is 5.46. The summed E-state index contributed by atoms with van der Waals surface area (Å²) in [6.45, 7) is 0.300. The molecule has 1 amide bonds. The number of carbonyl (C=O) groups is 1. The van der Waals surface area contributed by atoms with E-state index < -0.39 is 0 Å². The van der Waals surface area contributed by atoms with Gasteiger partial charge in [0.25, 0.3) is 5.91 Å². The molecule has 0 saturated heterocycles. The van der Waals surface area contributed by atoms with Crippen molar-refractivity contribution < 1.29 is 20.2 Å². The highest BCUT2D eigenvalue weighted by atomic mass is 16.4. The van der Waals surface area contributed by atoms with Crippen molar-refractivity contribution in [3.63, 3.8) is 0 Å². The Kier molecular flexibility index (Phi) is 3.97. The summed E-state index contributed by atoms with van der Waals surface area (Å²) in [6.07, 6.45) is 2.03. The van der Waals surface area contributed by atoms with Gasteiger partial charge in [-0.1, -0.05) is 5.16 Å². The quantitative estimate of drug-likeness (QED) is 0.209. The number of benzene rings is 1. The van der Waals surface area contributed by atoms with Crippen molar-refractivity contribution in [3.8, 4) is 11.5 Å². The van der Waals surface area contributed by atoms with Crippen LogP contribution in [0.15, 0.2) is 23.4 Å². The van der Waals surface area contributed by atoms with Crippen LogP contribution >= 0.6 is 0 Å². The van der Waals surface area contributed by atoms with E-state index in [1.807, 2.05) is 0 Å². The standard InChI is InChI=1S/C13H17N3O4/c14-12(15-20)5-6-16(8-1-2-8)13(19)10-7-9(17)3-4-11(10)18/h3-4,7-8,17-18,20H,1-2,5-6H2,(H2,14,15). The van der Waals surface area contributed by atoms with Gasteiger partial charge in [0.2, 0.25) is 0 Å². The van der Waals surface area contributed by atoms with Crippen LogP contribution in [-0.4, -0.2) is 44.6 Å². The van der Waals surface area contributed by atoms with Crippen LogP contribution in [0, 0.1) is 0 Å². The maximum atomic E-state index is 12.4. The lowest BCUT2D eigenvalue weighted by molar-refractivity contribution is 0.0744. The lowest BCUT2D eigenvalue weighted by atomic mass is 10.1. The van der Waals surface area contributed by atoms with Gasteiger partial charge in [-0.2, -0.15) is 0 Å². The van der Waals surface area contributed by atoms with Gasteiger partial charge in [-0.3, -0.25) is 4.79 Å². The van der Waals surface area contributed by atoms with Crippen molar-refractivity contribution in [2.75, 3.05) is 6.54 Å². The fourth-order valence-corrected chi connectivity index (χ4v) is 1.97. The molecule has 1 saturated carbocycles. The molecule has 7 nitrogen and oxygen atoms in total. The molecule has 0 heterocycles. The number of amides is 1. The van der Waals surface area contributed by atoms with Crippen LogP contribution in [0.2, 0.25) is 0 Å². The maximum absolute atomic E-state index is 12.4. The number of hydrogen-bond donors (Lipinski definition) is 4. The van der Waals surface area contributed by atoms with Crippen LogP contribution in [0.25, 0.3) is 0 Å². The molecule has 1 aromatic rings. The van der Waals surface area contributed by atoms with Gasteiger partial charge in [0.1, 0.15) is 17.3 Å². The van der Waals surface area contributed by atoms with Crippen LogP contribution in [0.5, 0.6) is 11.5 Å². The molecule has 1 aromatic carbocycles. The molecule has 0 atom stereocenters. The third-order valence-corrected chi connectivity index (χ3v) is 3.20.